The maximum atomic E-state index is 13.1. The number of amides is 1. The fourth-order valence-electron chi connectivity index (χ4n) is 3.37. The third kappa shape index (κ3) is 5.35. The summed E-state index contributed by atoms with van der Waals surface area (Å²) in [6.45, 7) is 1.02. The third-order valence-electron chi connectivity index (χ3n) is 5.03. The zero-order valence-corrected chi connectivity index (χ0v) is 17.7. The molecule has 0 saturated heterocycles. The van der Waals surface area contributed by atoms with Crippen molar-refractivity contribution in [2.75, 3.05) is 7.05 Å². The first kappa shape index (κ1) is 21.2. The van der Waals surface area contributed by atoms with Crippen LogP contribution < -0.4 is 0 Å². The first-order chi connectivity index (χ1) is 15.6. The van der Waals surface area contributed by atoms with Gasteiger partial charge < -0.3 is 4.90 Å². The molecule has 4 aromatic rings. The van der Waals surface area contributed by atoms with Crippen molar-refractivity contribution in [1.82, 2.24) is 19.7 Å². The average molecular weight is 426 g/mol. The molecule has 1 amide bonds. The number of hydrogen-bond acceptors (Lipinski definition) is 3. The van der Waals surface area contributed by atoms with Gasteiger partial charge in [0.05, 0.1) is 6.54 Å². The van der Waals surface area contributed by atoms with Crippen LogP contribution in [-0.4, -0.2) is 32.6 Å². The van der Waals surface area contributed by atoms with E-state index in [1.165, 1.54) is 18.2 Å². The Bertz CT molecular complexity index is 1200. The molecule has 32 heavy (non-hydrogen) atoms. The van der Waals surface area contributed by atoms with Gasteiger partial charge in [-0.1, -0.05) is 42.5 Å². The monoisotopic (exact) mass is 426 g/mol. The molecule has 0 N–H and O–H groups in total. The van der Waals surface area contributed by atoms with E-state index in [1.54, 1.807) is 42.6 Å². The summed E-state index contributed by atoms with van der Waals surface area (Å²) < 4.78 is 15.0. The van der Waals surface area contributed by atoms with Crippen molar-refractivity contribution in [3.63, 3.8) is 0 Å². The highest BCUT2D eigenvalue weighted by Gasteiger charge is 2.12. The molecule has 0 aliphatic carbocycles. The molecular weight excluding hydrogens is 403 g/mol. The van der Waals surface area contributed by atoms with Crippen LogP contribution >= 0.6 is 0 Å². The Kier molecular flexibility index (Phi) is 6.51. The summed E-state index contributed by atoms with van der Waals surface area (Å²) in [6.07, 6.45) is 8.72. The summed E-state index contributed by atoms with van der Waals surface area (Å²) in [4.78, 5) is 18.4. The molecule has 0 aliphatic rings. The van der Waals surface area contributed by atoms with Crippen LogP contribution in [0.1, 0.15) is 16.7 Å². The first-order valence-electron chi connectivity index (χ1n) is 10.3. The Labute approximate surface area is 186 Å². The van der Waals surface area contributed by atoms with Gasteiger partial charge in [-0.3, -0.25) is 14.5 Å². The quantitative estimate of drug-likeness (QED) is 0.399. The topological polar surface area (TPSA) is 51.0 Å². The lowest BCUT2D eigenvalue weighted by atomic mass is 10.1. The molecule has 0 atom stereocenters. The summed E-state index contributed by atoms with van der Waals surface area (Å²) >= 11 is 0. The molecule has 0 spiro atoms. The molecule has 160 valence electrons. The number of carbonyl (C=O) groups excluding carboxylic acids is 1. The maximum absolute atomic E-state index is 13.1. The van der Waals surface area contributed by atoms with Crippen molar-refractivity contribution < 1.29 is 9.18 Å². The Morgan fingerprint density at radius 3 is 2.53 bits per heavy atom. The lowest BCUT2D eigenvalue weighted by Crippen LogP contribution is -2.24. The summed E-state index contributed by atoms with van der Waals surface area (Å²) in [7, 11) is 1.72. The molecule has 2 aromatic heterocycles. The average Bonchev–Trinajstić information content (AvgIpc) is 3.22. The van der Waals surface area contributed by atoms with Crippen LogP contribution in [-0.2, 0) is 17.9 Å². The number of carbonyl (C=O) groups is 1. The lowest BCUT2D eigenvalue weighted by molar-refractivity contribution is -0.125. The van der Waals surface area contributed by atoms with Gasteiger partial charge in [-0.05, 0) is 41.5 Å². The number of likely N-dealkylation sites (N-methyl/N-ethyl adjacent to an activating group) is 1. The first-order valence-corrected chi connectivity index (χ1v) is 10.3. The largest absolute Gasteiger partial charge is 0.338 e. The Morgan fingerprint density at radius 1 is 1.03 bits per heavy atom. The zero-order valence-electron chi connectivity index (χ0n) is 17.7. The van der Waals surface area contributed by atoms with Crippen molar-refractivity contribution >= 4 is 12.0 Å². The Hall–Kier alpha value is -4.06. The van der Waals surface area contributed by atoms with Gasteiger partial charge in [0.1, 0.15) is 11.5 Å². The van der Waals surface area contributed by atoms with E-state index >= 15 is 0 Å². The van der Waals surface area contributed by atoms with Gasteiger partial charge in [-0.15, -0.1) is 0 Å². The highest BCUT2D eigenvalue weighted by Crippen LogP contribution is 2.23. The van der Waals surface area contributed by atoms with Gasteiger partial charge in [0.15, 0.2) is 0 Å². The molecule has 6 heteroatoms. The van der Waals surface area contributed by atoms with Crippen LogP contribution in [0, 0.1) is 5.82 Å². The zero-order chi connectivity index (χ0) is 22.3. The van der Waals surface area contributed by atoms with Crippen molar-refractivity contribution in [2.24, 2.45) is 0 Å². The molecule has 4 rings (SSSR count). The minimum absolute atomic E-state index is 0.151. The van der Waals surface area contributed by atoms with E-state index in [9.17, 15) is 9.18 Å². The SMILES string of the molecule is CN(Cc1ccc(F)cc1)C(=O)C=Cc1cn(Cc2ccccc2)nc1-c1cccnc1. The van der Waals surface area contributed by atoms with Gasteiger partial charge in [0.25, 0.3) is 0 Å². The number of rotatable bonds is 7. The van der Waals surface area contributed by atoms with E-state index in [-0.39, 0.29) is 11.7 Å². The molecule has 0 unspecified atom stereocenters. The number of benzene rings is 2. The lowest BCUT2D eigenvalue weighted by Gasteiger charge is -2.15. The van der Waals surface area contributed by atoms with E-state index in [0.717, 1.165) is 27.9 Å². The minimum Gasteiger partial charge on any atom is -0.338 e. The second-order valence-corrected chi connectivity index (χ2v) is 7.51. The summed E-state index contributed by atoms with van der Waals surface area (Å²) in [5.74, 6) is -0.444. The van der Waals surface area contributed by atoms with E-state index < -0.39 is 0 Å². The molecule has 0 bridgehead atoms. The number of nitrogens with zero attached hydrogens (tertiary/aromatic N) is 4. The molecule has 0 fully saturated rings. The van der Waals surface area contributed by atoms with Crippen LogP contribution in [0.4, 0.5) is 4.39 Å². The smallest absolute Gasteiger partial charge is 0.246 e. The molecule has 2 aromatic carbocycles. The predicted molar refractivity (Wildman–Crippen MR) is 123 cm³/mol. The molecule has 2 heterocycles. The van der Waals surface area contributed by atoms with Gasteiger partial charge in [0.2, 0.25) is 5.91 Å². The predicted octanol–water partition coefficient (Wildman–Crippen LogP) is 4.80. The molecule has 0 aliphatic heterocycles. The van der Waals surface area contributed by atoms with Gasteiger partial charge in [0, 0.05) is 49.4 Å². The third-order valence-corrected chi connectivity index (χ3v) is 5.03. The molecule has 5 nitrogen and oxygen atoms in total. The fraction of sp³-hybridized carbons (Fsp3) is 0.115. The summed E-state index contributed by atoms with van der Waals surface area (Å²) in [5, 5.41) is 4.74. The summed E-state index contributed by atoms with van der Waals surface area (Å²) in [6, 6.07) is 20.0. The minimum atomic E-state index is -0.293. The highest BCUT2D eigenvalue weighted by atomic mass is 19.1. The van der Waals surface area contributed by atoms with Crippen LogP contribution in [0.25, 0.3) is 17.3 Å². The van der Waals surface area contributed by atoms with Crippen molar-refractivity contribution in [3.8, 4) is 11.3 Å². The number of pyridine rings is 1. The van der Waals surface area contributed by atoms with Crippen LogP contribution in [0.15, 0.2) is 91.4 Å². The number of aromatic nitrogens is 3. The normalized spacial score (nSPS) is 11.1. The van der Waals surface area contributed by atoms with Crippen LogP contribution in [0.2, 0.25) is 0 Å². The van der Waals surface area contributed by atoms with Gasteiger partial charge in [-0.2, -0.15) is 5.10 Å². The second kappa shape index (κ2) is 9.83. The van der Waals surface area contributed by atoms with Crippen molar-refractivity contribution in [3.05, 3.63) is 114 Å². The maximum Gasteiger partial charge on any atom is 0.246 e. The fourth-order valence-corrected chi connectivity index (χ4v) is 3.37. The van der Waals surface area contributed by atoms with Gasteiger partial charge >= 0.3 is 0 Å². The van der Waals surface area contributed by atoms with Crippen molar-refractivity contribution in [2.45, 2.75) is 13.1 Å². The number of halogens is 1. The Morgan fingerprint density at radius 2 is 1.81 bits per heavy atom. The van der Waals surface area contributed by atoms with E-state index in [0.29, 0.717) is 13.1 Å². The van der Waals surface area contributed by atoms with Crippen LogP contribution in [0.3, 0.4) is 0 Å². The standard InChI is InChI=1S/C26H23FN4O/c1-30(17-21-9-12-24(27)13-10-21)25(32)14-11-23-19-31(18-20-6-3-2-4-7-20)29-26(23)22-8-5-15-28-16-22/h2-16,19H,17-18H2,1H3. The van der Waals surface area contributed by atoms with Crippen LogP contribution in [0.5, 0.6) is 0 Å². The molecular formula is C26H23FN4O. The Balaban J connectivity index is 1.54. The van der Waals surface area contributed by atoms with E-state index in [1.807, 2.05) is 41.2 Å². The molecule has 0 saturated carbocycles. The molecule has 0 radical (unpaired) electrons. The van der Waals surface area contributed by atoms with E-state index in [4.69, 9.17) is 5.10 Å². The number of hydrogen-bond donors (Lipinski definition) is 0. The highest BCUT2D eigenvalue weighted by molar-refractivity contribution is 5.92. The van der Waals surface area contributed by atoms with Gasteiger partial charge in [-0.25, -0.2) is 4.39 Å². The summed E-state index contributed by atoms with van der Waals surface area (Å²) in [5.41, 5.74) is 4.48. The van der Waals surface area contributed by atoms with Crippen molar-refractivity contribution in [1.29, 1.82) is 0 Å². The van der Waals surface area contributed by atoms with E-state index in [2.05, 4.69) is 17.1 Å². The second-order valence-electron chi connectivity index (χ2n) is 7.51.